The lowest BCUT2D eigenvalue weighted by molar-refractivity contribution is -0.237. The van der Waals surface area contributed by atoms with Gasteiger partial charge in [-0.1, -0.05) is 0 Å². The molecule has 0 spiro atoms. The van der Waals surface area contributed by atoms with Gasteiger partial charge in [0, 0.05) is 25.1 Å². The summed E-state index contributed by atoms with van der Waals surface area (Å²) in [5.74, 6) is 0.944. The predicted octanol–water partition coefficient (Wildman–Crippen LogP) is 2.05. The van der Waals surface area contributed by atoms with Crippen LogP contribution in [0.15, 0.2) is 35.4 Å². The first-order valence-corrected chi connectivity index (χ1v) is 10.2. The summed E-state index contributed by atoms with van der Waals surface area (Å²) in [5, 5.41) is 19.8. The zero-order valence-electron chi connectivity index (χ0n) is 17.4. The van der Waals surface area contributed by atoms with Gasteiger partial charge in [-0.05, 0) is 51.8 Å². The zero-order valence-corrected chi connectivity index (χ0v) is 17.4. The molecule has 168 valence electrons. The maximum Gasteiger partial charge on any atom is 0.422 e. The number of nitrogens with zero attached hydrogens (tertiary/aromatic N) is 4. The Morgan fingerprint density at radius 1 is 1.39 bits per heavy atom. The van der Waals surface area contributed by atoms with Crippen molar-refractivity contribution < 1.29 is 18.3 Å². The molecule has 1 saturated heterocycles. The molecule has 8 nitrogen and oxygen atoms in total. The van der Waals surface area contributed by atoms with Crippen LogP contribution in [-0.2, 0) is 0 Å². The van der Waals surface area contributed by atoms with Crippen LogP contribution in [0.4, 0.5) is 19.1 Å². The molecule has 0 amide bonds. The van der Waals surface area contributed by atoms with E-state index in [1.54, 1.807) is 30.3 Å². The van der Waals surface area contributed by atoms with Crippen molar-refractivity contribution in [1.82, 2.24) is 25.5 Å². The number of hydrogen-bond donors (Lipinski definition) is 4. The van der Waals surface area contributed by atoms with Crippen molar-refractivity contribution in [3.63, 3.8) is 0 Å². The molecule has 2 unspecified atom stereocenters. The van der Waals surface area contributed by atoms with Crippen LogP contribution in [0.5, 0.6) is 0 Å². The average Bonchev–Trinajstić information content (AvgIpc) is 3.09. The molecule has 0 radical (unpaired) electrons. The molecule has 0 aromatic carbocycles. The van der Waals surface area contributed by atoms with Crippen molar-refractivity contribution in [2.24, 2.45) is 10.9 Å². The zero-order chi connectivity index (χ0) is 22.3. The van der Waals surface area contributed by atoms with Gasteiger partial charge in [0.2, 0.25) is 11.5 Å². The lowest BCUT2D eigenvalue weighted by atomic mass is 10.00. The Balaban J connectivity index is 1.55. The maximum absolute atomic E-state index is 13.3. The Morgan fingerprint density at radius 3 is 2.90 bits per heavy atom. The van der Waals surface area contributed by atoms with Gasteiger partial charge in [-0.3, -0.25) is 4.99 Å². The number of aromatic nitrogens is 2. The summed E-state index contributed by atoms with van der Waals surface area (Å²) in [6, 6.07) is 1.69. The molecule has 0 aliphatic carbocycles. The number of aliphatic imine (C=N–C) groups is 1. The van der Waals surface area contributed by atoms with Crippen LogP contribution in [0, 0.1) is 5.92 Å². The highest BCUT2D eigenvalue weighted by molar-refractivity contribution is 5.80. The van der Waals surface area contributed by atoms with E-state index in [0.29, 0.717) is 30.2 Å². The van der Waals surface area contributed by atoms with Crippen LogP contribution in [0.3, 0.4) is 0 Å². The van der Waals surface area contributed by atoms with Crippen LogP contribution in [-0.4, -0.2) is 63.3 Å². The minimum atomic E-state index is -4.86. The standard InChI is InChI=1S/C20H26F3N7O/c1-18-12-27-16(19(2,31)20(21,22)23)11-30(18)15(10-28-18)14-5-7-25-17(29-14)26-9-13-4-3-6-24-8-13/h5,7,10-13,24,28,31H,3-4,6,8-9H2,1-2H3,(H,25,26,29)/t13?,18?,19-/m1/s1. The molecule has 1 fully saturated rings. The third-order valence-corrected chi connectivity index (χ3v) is 5.88. The molecule has 3 aliphatic rings. The minimum absolute atomic E-state index is 0.453. The Hall–Kier alpha value is -2.66. The van der Waals surface area contributed by atoms with Gasteiger partial charge in [-0.25, -0.2) is 9.97 Å². The topological polar surface area (TPSA) is 97.7 Å². The molecular formula is C20H26F3N7O. The number of anilines is 1. The highest BCUT2D eigenvalue weighted by atomic mass is 19.4. The number of piperidine rings is 1. The molecule has 1 aromatic rings. The van der Waals surface area contributed by atoms with Gasteiger partial charge in [0.1, 0.15) is 5.66 Å². The van der Waals surface area contributed by atoms with Gasteiger partial charge in [-0.15, -0.1) is 0 Å². The smallest absolute Gasteiger partial charge is 0.375 e. The largest absolute Gasteiger partial charge is 0.422 e. The molecule has 11 heteroatoms. The quantitative estimate of drug-likeness (QED) is 0.560. The molecule has 0 bridgehead atoms. The van der Waals surface area contributed by atoms with Crippen molar-refractivity contribution in [2.75, 3.05) is 25.0 Å². The third kappa shape index (κ3) is 4.11. The summed E-state index contributed by atoms with van der Waals surface area (Å²) < 4.78 is 40.0. The summed E-state index contributed by atoms with van der Waals surface area (Å²) in [4.78, 5) is 14.3. The van der Waals surface area contributed by atoms with E-state index >= 15 is 0 Å². The van der Waals surface area contributed by atoms with Crippen LogP contribution in [0.2, 0.25) is 0 Å². The molecular weight excluding hydrogens is 411 g/mol. The summed E-state index contributed by atoms with van der Waals surface area (Å²) in [7, 11) is 0. The molecule has 4 heterocycles. The Morgan fingerprint density at radius 2 is 2.19 bits per heavy atom. The normalized spacial score (nSPS) is 27.7. The van der Waals surface area contributed by atoms with E-state index in [1.165, 1.54) is 12.4 Å². The fraction of sp³-hybridized carbons (Fsp3) is 0.550. The molecule has 1 aromatic heterocycles. The van der Waals surface area contributed by atoms with E-state index in [2.05, 4.69) is 30.9 Å². The average molecular weight is 437 g/mol. The molecule has 4 rings (SSSR count). The van der Waals surface area contributed by atoms with Gasteiger partial charge in [-0.2, -0.15) is 13.2 Å². The van der Waals surface area contributed by atoms with Gasteiger partial charge in [0.25, 0.3) is 0 Å². The van der Waals surface area contributed by atoms with Gasteiger partial charge in [0.15, 0.2) is 0 Å². The van der Waals surface area contributed by atoms with Crippen LogP contribution >= 0.6 is 0 Å². The second-order valence-electron chi connectivity index (χ2n) is 8.39. The van der Waals surface area contributed by atoms with Gasteiger partial charge in [0.05, 0.1) is 23.3 Å². The fourth-order valence-corrected chi connectivity index (χ4v) is 3.77. The highest BCUT2D eigenvalue weighted by Gasteiger charge is 2.54. The van der Waals surface area contributed by atoms with Crippen LogP contribution in [0.25, 0.3) is 5.70 Å². The summed E-state index contributed by atoms with van der Waals surface area (Å²) in [6.45, 7) is 5.18. The number of hydrogen-bond acceptors (Lipinski definition) is 8. The summed E-state index contributed by atoms with van der Waals surface area (Å²) in [5.41, 5.74) is -3.36. The number of halogens is 3. The van der Waals surface area contributed by atoms with E-state index in [9.17, 15) is 18.3 Å². The van der Waals surface area contributed by atoms with E-state index in [-0.39, 0.29) is 0 Å². The van der Waals surface area contributed by atoms with Gasteiger partial charge >= 0.3 is 6.18 Å². The van der Waals surface area contributed by atoms with Crippen molar-refractivity contribution in [2.45, 2.75) is 44.1 Å². The van der Waals surface area contributed by atoms with E-state index in [1.807, 2.05) is 0 Å². The van der Waals surface area contributed by atoms with Crippen molar-refractivity contribution in [3.8, 4) is 0 Å². The number of alkyl halides is 3. The maximum atomic E-state index is 13.3. The lowest BCUT2D eigenvalue weighted by Crippen LogP contribution is -2.52. The first kappa shape index (κ1) is 21.6. The van der Waals surface area contributed by atoms with Gasteiger partial charge < -0.3 is 26.0 Å². The number of rotatable bonds is 5. The van der Waals surface area contributed by atoms with E-state index in [0.717, 1.165) is 32.5 Å². The van der Waals surface area contributed by atoms with E-state index < -0.39 is 23.1 Å². The first-order valence-electron chi connectivity index (χ1n) is 10.2. The van der Waals surface area contributed by atoms with E-state index in [4.69, 9.17) is 0 Å². The summed E-state index contributed by atoms with van der Waals surface area (Å²) in [6.07, 6.45) is 3.25. The SMILES string of the molecule is CC12C=NC([C@@](C)(O)C(F)(F)F)=CN1C(c1ccnc(NCC3CCCNC3)n1)=CN2. The number of fused-ring (bicyclic) bond motifs is 1. The number of aliphatic hydroxyl groups is 1. The Bertz CT molecular complexity index is 922. The second kappa shape index (κ2) is 7.79. The Kier molecular flexibility index (Phi) is 5.42. The van der Waals surface area contributed by atoms with Crippen LogP contribution in [0.1, 0.15) is 32.4 Å². The number of nitrogens with one attached hydrogen (secondary N) is 3. The second-order valence-corrected chi connectivity index (χ2v) is 8.39. The predicted molar refractivity (Wildman–Crippen MR) is 111 cm³/mol. The fourth-order valence-electron chi connectivity index (χ4n) is 3.77. The van der Waals surface area contributed by atoms with Crippen molar-refractivity contribution in [3.05, 3.63) is 36.1 Å². The molecule has 3 atom stereocenters. The summed E-state index contributed by atoms with van der Waals surface area (Å²) >= 11 is 0. The first-order chi connectivity index (χ1) is 14.6. The van der Waals surface area contributed by atoms with Crippen molar-refractivity contribution >= 4 is 17.9 Å². The minimum Gasteiger partial charge on any atom is -0.375 e. The van der Waals surface area contributed by atoms with Crippen molar-refractivity contribution in [1.29, 1.82) is 0 Å². The highest BCUT2D eigenvalue weighted by Crippen LogP contribution is 2.41. The Labute approximate surface area is 178 Å². The monoisotopic (exact) mass is 437 g/mol. The molecule has 31 heavy (non-hydrogen) atoms. The molecule has 0 saturated carbocycles. The molecule has 3 aliphatic heterocycles. The molecule has 4 N–H and O–H groups in total. The lowest BCUT2D eigenvalue weighted by Gasteiger charge is -2.38. The third-order valence-electron chi connectivity index (χ3n) is 5.88. The van der Waals surface area contributed by atoms with Crippen LogP contribution < -0.4 is 16.0 Å².